The van der Waals surface area contributed by atoms with E-state index in [2.05, 4.69) is 24.5 Å². The number of hydrogen-bond donors (Lipinski definition) is 2. The SMILES string of the molecule is CCC(CC)CNC(=O)Nc1cccc([N+](=O)[O-])c1. The van der Waals surface area contributed by atoms with E-state index < -0.39 is 4.92 Å². The molecule has 0 unspecified atom stereocenters. The summed E-state index contributed by atoms with van der Waals surface area (Å²) >= 11 is 0. The minimum Gasteiger partial charge on any atom is -0.338 e. The van der Waals surface area contributed by atoms with Crippen molar-refractivity contribution in [1.82, 2.24) is 5.32 Å². The Morgan fingerprint density at radius 2 is 2.05 bits per heavy atom. The molecule has 0 bridgehead atoms. The van der Waals surface area contributed by atoms with E-state index in [4.69, 9.17) is 0 Å². The first-order valence-corrected chi connectivity index (χ1v) is 6.36. The molecule has 6 heteroatoms. The largest absolute Gasteiger partial charge is 0.338 e. The molecule has 2 N–H and O–H groups in total. The molecule has 0 spiro atoms. The van der Waals surface area contributed by atoms with E-state index in [1.165, 1.54) is 18.2 Å². The van der Waals surface area contributed by atoms with E-state index in [1.807, 2.05) is 0 Å². The molecule has 0 heterocycles. The molecule has 0 saturated carbocycles. The number of benzene rings is 1. The molecule has 104 valence electrons. The van der Waals surface area contributed by atoms with E-state index in [9.17, 15) is 14.9 Å². The van der Waals surface area contributed by atoms with E-state index in [-0.39, 0.29) is 11.7 Å². The first-order chi connectivity index (χ1) is 9.06. The highest BCUT2D eigenvalue weighted by atomic mass is 16.6. The lowest BCUT2D eigenvalue weighted by Crippen LogP contribution is -2.32. The highest BCUT2D eigenvalue weighted by Crippen LogP contribution is 2.16. The number of amides is 2. The molecule has 0 radical (unpaired) electrons. The zero-order chi connectivity index (χ0) is 14.3. The van der Waals surface area contributed by atoms with Gasteiger partial charge in [0.05, 0.1) is 4.92 Å². The molecule has 0 atom stereocenters. The van der Waals surface area contributed by atoms with Crippen molar-refractivity contribution in [2.75, 3.05) is 11.9 Å². The summed E-state index contributed by atoms with van der Waals surface area (Å²) in [4.78, 5) is 21.8. The molecule has 1 aromatic carbocycles. The van der Waals surface area contributed by atoms with Crippen molar-refractivity contribution in [2.45, 2.75) is 26.7 Å². The number of carbonyl (C=O) groups is 1. The van der Waals surface area contributed by atoms with Gasteiger partial charge in [-0.1, -0.05) is 32.8 Å². The van der Waals surface area contributed by atoms with Crippen LogP contribution in [0.1, 0.15) is 26.7 Å². The molecular weight excluding hydrogens is 246 g/mol. The van der Waals surface area contributed by atoms with Crippen LogP contribution < -0.4 is 10.6 Å². The highest BCUT2D eigenvalue weighted by molar-refractivity contribution is 5.89. The molecule has 6 nitrogen and oxygen atoms in total. The molecule has 1 rings (SSSR count). The summed E-state index contributed by atoms with van der Waals surface area (Å²) in [5.41, 5.74) is 0.369. The number of nitrogens with one attached hydrogen (secondary N) is 2. The van der Waals surface area contributed by atoms with Crippen molar-refractivity contribution < 1.29 is 9.72 Å². The molecule has 2 amide bonds. The van der Waals surface area contributed by atoms with Crippen LogP contribution in [0.25, 0.3) is 0 Å². The van der Waals surface area contributed by atoms with Gasteiger partial charge in [0.15, 0.2) is 0 Å². The van der Waals surface area contributed by atoms with Gasteiger partial charge < -0.3 is 10.6 Å². The van der Waals surface area contributed by atoms with Gasteiger partial charge in [0.25, 0.3) is 5.69 Å². The lowest BCUT2D eigenvalue weighted by atomic mass is 10.0. The number of non-ortho nitro benzene ring substituents is 1. The van der Waals surface area contributed by atoms with Gasteiger partial charge in [-0.25, -0.2) is 4.79 Å². The second-order valence-electron chi connectivity index (χ2n) is 4.32. The Kier molecular flexibility index (Phi) is 5.78. The molecule has 0 fully saturated rings. The summed E-state index contributed by atoms with van der Waals surface area (Å²) in [6, 6.07) is 5.52. The number of anilines is 1. The first-order valence-electron chi connectivity index (χ1n) is 6.36. The number of rotatable bonds is 6. The first kappa shape index (κ1) is 14.9. The monoisotopic (exact) mass is 265 g/mol. The van der Waals surface area contributed by atoms with E-state index in [0.29, 0.717) is 18.2 Å². The number of nitro benzene ring substituents is 1. The fourth-order valence-corrected chi connectivity index (χ4v) is 1.69. The third kappa shape index (κ3) is 4.95. The van der Waals surface area contributed by atoms with Crippen molar-refractivity contribution in [3.05, 3.63) is 34.4 Å². The van der Waals surface area contributed by atoms with Crippen molar-refractivity contribution in [2.24, 2.45) is 5.92 Å². The Hall–Kier alpha value is -2.11. The maximum absolute atomic E-state index is 11.6. The normalized spacial score (nSPS) is 10.3. The third-order valence-electron chi connectivity index (χ3n) is 3.02. The van der Waals surface area contributed by atoms with Crippen molar-refractivity contribution >= 4 is 17.4 Å². The van der Waals surface area contributed by atoms with Gasteiger partial charge in [0.2, 0.25) is 0 Å². The fourth-order valence-electron chi connectivity index (χ4n) is 1.69. The van der Waals surface area contributed by atoms with Gasteiger partial charge >= 0.3 is 6.03 Å². The molecule has 0 aliphatic heterocycles. The van der Waals surface area contributed by atoms with E-state index >= 15 is 0 Å². The maximum atomic E-state index is 11.6. The summed E-state index contributed by atoms with van der Waals surface area (Å²) < 4.78 is 0. The minimum absolute atomic E-state index is 0.0437. The maximum Gasteiger partial charge on any atom is 0.319 e. The van der Waals surface area contributed by atoms with Gasteiger partial charge in [-0.3, -0.25) is 10.1 Å². The number of hydrogen-bond acceptors (Lipinski definition) is 3. The molecule has 0 aliphatic carbocycles. The smallest absolute Gasteiger partial charge is 0.319 e. The predicted octanol–water partition coefficient (Wildman–Crippen LogP) is 3.15. The number of nitro groups is 1. The number of urea groups is 1. The second kappa shape index (κ2) is 7.35. The van der Waals surface area contributed by atoms with Gasteiger partial charge in [0.1, 0.15) is 0 Å². The standard InChI is InChI=1S/C13H19N3O3/c1-3-10(4-2)9-14-13(17)15-11-6-5-7-12(8-11)16(18)19/h5-8,10H,3-4,9H2,1-2H3,(H2,14,15,17). The van der Waals surface area contributed by atoms with Gasteiger partial charge in [-0.2, -0.15) is 0 Å². The average Bonchev–Trinajstić information content (AvgIpc) is 2.40. The van der Waals surface area contributed by atoms with Crippen molar-refractivity contribution in [3.63, 3.8) is 0 Å². The highest BCUT2D eigenvalue weighted by Gasteiger charge is 2.09. The van der Waals surface area contributed by atoms with Crippen LogP contribution >= 0.6 is 0 Å². The Balaban J connectivity index is 2.52. The molecule has 0 aromatic heterocycles. The van der Waals surface area contributed by atoms with Gasteiger partial charge in [0, 0.05) is 24.4 Å². The summed E-state index contributed by atoms with van der Waals surface area (Å²) in [6.45, 7) is 4.76. The Bertz CT molecular complexity index is 445. The number of nitrogens with zero attached hydrogens (tertiary/aromatic N) is 1. The van der Waals surface area contributed by atoms with Crippen LogP contribution in [0.4, 0.5) is 16.2 Å². The topological polar surface area (TPSA) is 84.3 Å². The van der Waals surface area contributed by atoms with Crippen LogP contribution in [0.2, 0.25) is 0 Å². The Morgan fingerprint density at radius 1 is 1.37 bits per heavy atom. The molecule has 0 saturated heterocycles. The van der Waals surface area contributed by atoms with Crippen LogP contribution in [0.15, 0.2) is 24.3 Å². The lowest BCUT2D eigenvalue weighted by molar-refractivity contribution is -0.384. The fraction of sp³-hybridized carbons (Fsp3) is 0.462. The second-order valence-corrected chi connectivity index (χ2v) is 4.32. The molecule has 1 aromatic rings. The van der Waals surface area contributed by atoms with E-state index in [0.717, 1.165) is 12.8 Å². The zero-order valence-electron chi connectivity index (χ0n) is 11.2. The van der Waals surface area contributed by atoms with Crippen LogP contribution in [-0.4, -0.2) is 17.5 Å². The Labute approximate surface area is 112 Å². The van der Waals surface area contributed by atoms with Crippen LogP contribution in [0, 0.1) is 16.0 Å². The Morgan fingerprint density at radius 3 is 2.63 bits per heavy atom. The average molecular weight is 265 g/mol. The van der Waals surface area contributed by atoms with Crippen LogP contribution in [-0.2, 0) is 0 Å². The van der Waals surface area contributed by atoms with Gasteiger partial charge in [-0.05, 0) is 12.0 Å². The summed E-state index contributed by atoms with van der Waals surface area (Å²) in [6.07, 6.45) is 2.02. The number of carbonyl (C=O) groups excluding carboxylic acids is 1. The molecule has 19 heavy (non-hydrogen) atoms. The quantitative estimate of drug-likeness (QED) is 0.612. The lowest BCUT2D eigenvalue weighted by Gasteiger charge is -2.13. The summed E-state index contributed by atoms with van der Waals surface area (Å²) in [5, 5.41) is 16.0. The summed E-state index contributed by atoms with van der Waals surface area (Å²) in [5.74, 6) is 0.454. The molecular formula is C13H19N3O3. The van der Waals surface area contributed by atoms with E-state index in [1.54, 1.807) is 6.07 Å². The predicted molar refractivity (Wildman–Crippen MR) is 74.2 cm³/mol. The third-order valence-corrected chi connectivity index (χ3v) is 3.02. The van der Waals surface area contributed by atoms with Crippen molar-refractivity contribution in [3.8, 4) is 0 Å². The minimum atomic E-state index is -0.493. The molecule has 0 aliphatic rings. The zero-order valence-corrected chi connectivity index (χ0v) is 11.2. The van der Waals surface area contributed by atoms with Crippen LogP contribution in [0.3, 0.4) is 0 Å². The van der Waals surface area contributed by atoms with Crippen LogP contribution in [0.5, 0.6) is 0 Å². The van der Waals surface area contributed by atoms with Crippen molar-refractivity contribution in [1.29, 1.82) is 0 Å². The van der Waals surface area contributed by atoms with Gasteiger partial charge in [-0.15, -0.1) is 0 Å². The summed E-state index contributed by atoms with van der Waals surface area (Å²) in [7, 11) is 0.